The van der Waals surface area contributed by atoms with E-state index >= 15 is 0 Å². The number of carbonyl (C=O) groups is 2. The Balaban J connectivity index is 1.68. The van der Waals surface area contributed by atoms with Crippen LogP contribution in [0.25, 0.3) is 0 Å². The average Bonchev–Trinajstić information content (AvgIpc) is 3.02. The molecular weight excluding hydrogens is 572 g/mol. The Bertz CT molecular complexity index is 1470. The second kappa shape index (κ2) is 21.4. The third-order valence-corrected chi connectivity index (χ3v) is 9.04. The molecule has 2 nitrogen and oxygen atoms in total. The summed E-state index contributed by atoms with van der Waals surface area (Å²) in [5.74, 6) is -0.0895. The highest BCUT2D eigenvalue weighted by molar-refractivity contribution is 6.27. The summed E-state index contributed by atoms with van der Waals surface area (Å²) >= 11 is 0. The Morgan fingerprint density at radius 2 is 0.787 bits per heavy atom. The smallest absolute Gasteiger partial charge is 0.194 e. The topological polar surface area (TPSA) is 34.1 Å². The zero-order chi connectivity index (χ0) is 34.8. The molecule has 0 aliphatic heterocycles. The molecule has 0 atom stereocenters. The van der Waals surface area contributed by atoms with Crippen molar-refractivity contribution < 1.29 is 9.59 Å². The van der Waals surface area contributed by atoms with Gasteiger partial charge in [-0.25, -0.2) is 0 Å². The van der Waals surface area contributed by atoms with Crippen molar-refractivity contribution in [3.8, 4) is 0 Å². The fraction of sp³-hybridized carbons (Fsp3) is 0.467. The highest BCUT2D eigenvalue weighted by atomic mass is 16.1. The molecule has 0 aromatic heterocycles. The van der Waals surface area contributed by atoms with Crippen LogP contribution >= 0.6 is 0 Å². The first-order valence-electron chi connectivity index (χ1n) is 17.9. The number of Topliss-reactive ketones (excluding diaryl/α,β-unsaturated/α-hetero) is 2. The minimum absolute atomic E-state index is 0.0430. The molecule has 0 unspecified atom stereocenters. The molecule has 1 aliphatic carbocycles. The van der Waals surface area contributed by atoms with E-state index in [1.807, 2.05) is 18.2 Å². The molecule has 0 saturated carbocycles. The summed E-state index contributed by atoms with van der Waals surface area (Å²) in [6.07, 6.45) is 29.4. The summed E-state index contributed by atoms with van der Waals surface area (Å²) in [6, 6.07) is 7.13. The Kier molecular flexibility index (Phi) is 18.0. The highest BCUT2D eigenvalue weighted by Crippen LogP contribution is 2.28. The standard InChI is InChI=1S/C45H62O2/c1-33(2)18-12-19-34(3)20-13-21-35(4)22-14-23-36(5)24-15-25-37(6)26-16-27-38(7)28-17-29-39(8)32-43-40(9)44(46)41-30-10-11-31-42(41)45(43)47/h10-11,18,20,22,24,26,28,30-32H,12-17,19,21,23,25,27,29H2,1-9H3/b34-20+,35-22+,36-24+,37-26+,38-28+,39-32+. The number of fused-ring (bicyclic) bond motifs is 1. The zero-order valence-electron chi connectivity index (χ0n) is 31.2. The van der Waals surface area contributed by atoms with Gasteiger partial charge in [-0.2, -0.15) is 0 Å². The van der Waals surface area contributed by atoms with Crippen LogP contribution in [-0.4, -0.2) is 11.6 Å². The van der Waals surface area contributed by atoms with Crippen molar-refractivity contribution in [2.75, 3.05) is 0 Å². The molecule has 47 heavy (non-hydrogen) atoms. The molecule has 2 heteroatoms. The van der Waals surface area contributed by atoms with Crippen molar-refractivity contribution in [3.63, 3.8) is 0 Å². The number of ketones is 2. The van der Waals surface area contributed by atoms with E-state index in [9.17, 15) is 9.59 Å². The van der Waals surface area contributed by atoms with Crippen molar-refractivity contribution in [1.82, 2.24) is 0 Å². The molecule has 0 spiro atoms. The fourth-order valence-electron chi connectivity index (χ4n) is 5.84. The first-order chi connectivity index (χ1) is 22.4. The van der Waals surface area contributed by atoms with E-state index in [-0.39, 0.29) is 11.6 Å². The third kappa shape index (κ3) is 15.3. The average molecular weight is 635 g/mol. The molecule has 1 aliphatic rings. The van der Waals surface area contributed by atoms with Gasteiger partial charge < -0.3 is 0 Å². The van der Waals surface area contributed by atoms with E-state index in [0.29, 0.717) is 22.3 Å². The number of hydrogen-bond acceptors (Lipinski definition) is 2. The lowest BCUT2D eigenvalue weighted by molar-refractivity contribution is 0.0977. The minimum Gasteiger partial charge on any atom is -0.289 e. The van der Waals surface area contributed by atoms with E-state index in [1.54, 1.807) is 19.1 Å². The maximum Gasteiger partial charge on any atom is 0.194 e. The Morgan fingerprint density at radius 1 is 0.468 bits per heavy atom. The molecular formula is C45H62O2. The number of allylic oxidation sites excluding steroid dienone is 16. The monoisotopic (exact) mass is 634 g/mol. The number of benzene rings is 1. The van der Waals surface area contributed by atoms with E-state index in [2.05, 4.69) is 91.8 Å². The summed E-state index contributed by atoms with van der Waals surface area (Å²) < 4.78 is 0. The predicted molar refractivity (Wildman–Crippen MR) is 205 cm³/mol. The maximum absolute atomic E-state index is 13.0. The van der Waals surface area contributed by atoms with Gasteiger partial charge in [-0.15, -0.1) is 0 Å². The van der Waals surface area contributed by atoms with Gasteiger partial charge in [0.25, 0.3) is 0 Å². The number of rotatable bonds is 19. The van der Waals surface area contributed by atoms with Crippen LogP contribution in [0.1, 0.15) is 160 Å². The molecule has 0 radical (unpaired) electrons. The van der Waals surface area contributed by atoms with Gasteiger partial charge in [0.1, 0.15) is 0 Å². The van der Waals surface area contributed by atoms with Gasteiger partial charge >= 0.3 is 0 Å². The van der Waals surface area contributed by atoms with Crippen LogP contribution in [0.4, 0.5) is 0 Å². The molecule has 0 amide bonds. The second-order valence-corrected chi connectivity index (χ2v) is 14.0. The van der Waals surface area contributed by atoms with Crippen LogP contribution < -0.4 is 0 Å². The van der Waals surface area contributed by atoms with Crippen molar-refractivity contribution in [1.29, 1.82) is 0 Å². The Hall–Kier alpha value is -3.52. The molecule has 0 saturated heterocycles. The van der Waals surface area contributed by atoms with Crippen molar-refractivity contribution in [2.24, 2.45) is 0 Å². The number of carbonyl (C=O) groups excluding carboxylic acids is 2. The summed E-state index contributed by atoms with van der Waals surface area (Å²) in [4.78, 5) is 25.8. The molecule has 0 heterocycles. The molecule has 2 rings (SSSR count). The number of hydrogen-bond donors (Lipinski definition) is 0. The summed E-state index contributed by atoms with van der Waals surface area (Å²) in [5, 5.41) is 0. The molecule has 0 fully saturated rings. The zero-order valence-corrected chi connectivity index (χ0v) is 31.2. The van der Waals surface area contributed by atoms with Gasteiger partial charge in [0, 0.05) is 22.3 Å². The van der Waals surface area contributed by atoms with Crippen LogP contribution in [0.3, 0.4) is 0 Å². The molecule has 1 aromatic rings. The van der Waals surface area contributed by atoms with Gasteiger partial charge in [-0.05, 0) is 139 Å². The predicted octanol–water partition coefficient (Wildman–Crippen LogP) is 13.7. The summed E-state index contributed by atoms with van der Waals surface area (Å²) in [5.41, 5.74) is 12.0. The highest BCUT2D eigenvalue weighted by Gasteiger charge is 2.28. The van der Waals surface area contributed by atoms with Gasteiger partial charge in [0.15, 0.2) is 11.6 Å². The lowest BCUT2D eigenvalue weighted by atomic mass is 9.84. The van der Waals surface area contributed by atoms with Crippen LogP contribution in [-0.2, 0) is 0 Å². The van der Waals surface area contributed by atoms with Crippen LogP contribution in [0.15, 0.2) is 117 Å². The van der Waals surface area contributed by atoms with Crippen molar-refractivity contribution >= 4 is 11.6 Å². The minimum atomic E-state index is -0.0464. The lowest BCUT2D eigenvalue weighted by Gasteiger charge is -2.17. The quantitative estimate of drug-likeness (QED) is 0.142. The Morgan fingerprint density at radius 3 is 1.15 bits per heavy atom. The lowest BCUT2D eigenvalue weighted by Crippen LogP contribution is -2.20. The largest absolute Gasteiger partial charge is 0.289 e. The van der Waals surface area contributed by atoms with Gasteiger partial charge in [-0.1, -0.05) is 106 Å². The Labute approximate surface area is 287 Å². The van der Waals surface area contributed by atoms with Crippen molar-refractivity contribution in [3.05, 3.63) is 128 Å². The van der Waals surface area contributed by atoms with Gasteiger partial charge in [0.2, 0.25) is 0 Å². The normalized spacial score (nSPS) is 15.4. The SMILES string of the molecule is CC(C)=CCC/C(C)=C/CC/C(C)=C/CC/C(C)=C/CC/C(C)=C/CC/C(C)=C/CC/C(C)=C/C1=C(C)C(=O)c2ccccc2C1=O. The van der Waals surface area contributed by atoms with E-state index in [0.717, 1.165) is 76.2 Å². The molecule has 254 valence electrons. The maximum atomic E-state index is 13.0. The van der Waals surface area contributed by atoms with Gasteiger partial charge in [0.05, 0.1) is 0 Å². The summed E-state index contributed by atoms with van der Waals surface area (Å²) in [7, 11) is 0. The summed E-state index contributed by atoms with van der Waals surface area (Å²) in [6.45, 7) is 19.4. The molecule has 0 N–H and O–H groups in total. The van der Waals surface area contributed by atoms with E-state index in [4.69, 9.17) is 0 Å². The molecule has 0 bridgehead atoms. The van der Waals surface area contributed by atoms with Crippen LogP contribution in [0, 0.1) is 0 Å². The third-order valence-electron chi connectivity index (χ3n) is 9.04. The first kappa shape index (κ1) is 39.7. The van der Waals surface area contributed by atoms with Gasteiger partial charge in [-0.3, -0.25) is 9.59 Å². The van der Waals surface area contributed by atoms with Crippen LogP contribution in [0.2, 0.25) is 0 Å². The van der Waals surface area contributed by atoms with E-state index in [1.165, 1.54) is 39.9 Å². The van der Waals surface area contributed by atoms with Crippen LogP contribution in [0.5, 0.6) is 0 Å². The second-order valence-electron chi connectivity index (χ2n) is 14.0. The first-order valence-corrected chi connectivity index (χ1v) is 17.9. The fourth-order valence-corrected chi connectivity index (χ4v) is 5.84. The molecule has 1 aromatic carbocycles. The van der Waals surface area contributed by atoms with Crippen molar-refractivity contribution in [2.45, 2.75) is 139 Å². The van der Waals surface area contributed by atoms with E-state index < -0.39 is 0 Å².